The second-order valence-electron chi connectivity index (χ2n) is 4.16. The van der Waals surface area contributed by atoms with Crippen LogP contribution >= 0.6 is 34.8 Å². The summed E-state index contributed by atoms with van der Waals surface area (Å²) in [4.78, 5) is 23.5. The van der Waals surface area contributed by atoms with E-state index in [0.717, 1.165) is 0 Å². The Balaban J connectivity index is 1.90. The summed E-state index contributed by atoms with van der Waals surface area (Å²) >= 11 is 17.4. The van der Waals surface area contributed by atoms with E-state index in [9.17, 15) is 9.59 Å². The summed E-state index contributed by atoms with van der Waals surface area (Å²) in [6.07, 6.45) is 0. The Labute approximate surface area is 141 Å². The molecule has 22 heavy (non-hydrogen) atoms. The van der Waals surface area contributed by atoms with Crippen LogP contribution in [0.5, 0.6) is 0 Å². The molecule has 3 amide bonds. The first-order valence-electron chi connectivity index (χ1n) is 6.03. The highest BCUT2D eigenvalue weighted by atomic mass is 35.5. The van der Waals surface area contributed by atoms with E-state index in [1.165, 1.54) is 18.2 Å². The molecule has 2 aromatic rings. The molecule has 0 bridgehead atoms. The molecule has 0 atom stereocenters. The summed E-state index contributed by atoms with van der Waals surface area (Å²) in [6, 6.07) is 10.3. The highest BCUT2D eigenvalue weighted by Gasteiger charge is 2.11. The molecule has 114 valence electrons. The van der Waals surface area contributed by atoms with Crippen LogP contribution in [0.2, 0.25) is 15.1 Å². The number of halogens is 3. The van der Waals surface area contributed by atoms with Gasteiger partial charge in [0.25, 0.3) is 5.91 Å². The number of urea groups is 1. The lowest BCUT2D eigenvalue weighted by molar-refractivity contribution is 0.0938. The number of nitrogens with one attached hydrogen (secondary N) is 3. The first kappa shape index (κ1) is 16.4. The number of benzene rings is 2. The molecule has 0 saturated carbocycles. The van der Waals surface area contributed by atoms with Crippen LogP contribution in [0.25, 0.3) is 0 Å². The minimum Gasteiger partial charge on any atom is -0.307 e. The molecule has 0 aliphatic heterocycles. The first-order valence-corrected chi connectivity index (χ1v) is 7.17. The maximum atomic E-state index is 11.9. The monoisotopic (exact) mass is 357 g/mol. The number of carbonyl (C=O) groups is 2. The van der Waals surface area contributed by atoms with Crippen molar-refractivity contribution in [2.75, 3.05) is 5.32 Å². The Hall–Kier alpha value is -1.95. The van der Waals surface area contributed by atoms with Crippen LogP contribution < -0.4 is 16.2 Å². The Kier molecular flexibility index (Phi) is 5.49. The number of hydrogen-bond acceptors (Lipinski definition) is 2. The molecule has 0 aliphatic carbocycles. The van der Waals surface area contributed by atoms with Gasteiger partial charge in [-0.2, -0.15) is 0 Å². The summed E-state index contributed by atoms with van der Waals surface area (Å²) in [7, 11) is 0. The molecular weight excluding hydrogens is 349 g/mol. The molecule has 0 aliphatic rings. The fourth-order valence-electron chi connectivity index (χ4n) is 1.55. The molecule has 0 unspecified atom stereocenters. The second-order valence-corrected chi connectivity index (χ2v) is 5.44. The van der Waals surface area contributed by atoms with Crippen molar-refractivity contribution in [3.05, 3.63) is 63.1 Å². The van der Waals surface area contributed by atoms with Gasteiger partial charge in [-0.1, -0.05) is 34.8 Å². The fourth-order valence-corrected chi connectivity index (χ4v) is 2.17. The fraction of sp³-hybridized carbons (Fsp3) is 0. The molecule has 0 radical (unpaired) electrons. The summed E-state index contributed by atoms with van der Waals surface area (Å²) < 4.78 is 0. The number of anilines is 1. The SMILES string of the molecule is O=C(NNC(=O)c1ccc(Cl)cc1Cl)Nc1ccc(Cl)cc1. The lowest BCUT2D eigenvalue weighted by Crippen LogP contribution is -2.44. The first-order chi connectivity index (χ1) is 10.5. The third kappa shape index (κ3) is 4.53. The zero-order valence-corrected chi connectivity index (χ0v) is 13.3. The van der Waals surface area contributed by atoms with Crippen LogP contribution in [0, 0.1) is 0 Å². The molecule has 2 aromatic carbocycles. The van der Waals surface area contributed by atoms with Crippen molar-refractivity contribution in [3.8, 4) is 0 Å². The number of carbonyl (C=O) groups excluding carboxylic acids is 2. The lowest BCUT2D eigenvalue weighted by Gasteiger charge is -2.10. The van der Waals surface area contributed by atoms with Crippen molar-refractivity contribution < 1.29 is 9.59 Å². The Bertz CT molecular complexity index is 705. The van der Waals surface area contributed by atoms with E-state index in [1.54, 1.807) is 24.3 Å². The minimum absolute atomic E-state index is 0.185. The molecule has 8 heteroatoms. The molecule has 2 rings (SSSR count). The van der Waals surface area contributed by atoms with Crippen molar-refractivity contribution in [2.24, 2.45) is 0 Å². The Morgan fingerprint density at radius 3 is 2.09 bits per heavy atom. The van der Waals surface area contributed by atoms with Gasteiger partial charge in [0.2, 0.25) is 0 Å². The van der Waals surface area contributed by atoms with E-state index in [0.29, 0.717) is 15.7 Å². The highest BCUT2D eigenvalue weighted by molar-refractivity contribution is 6.36. The summed E-state index contributed by atoms with van der Waals surface area (Å²) in [5, 5.41) is 3.67. The zero-order chi connectivity index (χ0) is 16.1. The van der Waals surface area contributed by atoms with E-state index in [1.807, 2.05) is 0 Å². The van der Waals surface area contributed by atoms with Gasteiger partial charge in [-0.05, 0) is 42.5 Å². The zero-order valence-electron chi connectivity index (χ0n) is 11.0. The maximum Gasteiger partial charge on any atom is 0.337 e. The van der Waals surface area contributed by atoms with Gasteiger partial charge in [0.1, 0.15) is 0 Å². The largest absolute Gasteiger partial charge is 0.337 e. The molecule has 0 fully saturated rings. The lowest BCUT2D eigenvalue weighted by atomic mass is 10.2. The van der Waals surface area contributed by atoms with E-state index in [4.69, 9.17) is 34.8 Å². The van der Waals surface area contributed by atoms with Crippen molar-refractivity contribution in [3.63, 3.8) is 0 Å². The molecule has 0 aromatic heterocycles. The van der Waals surface area contributed by atoms with E-state index < -0.39 is 11.9 Å². The Morgan fingerprint density at radius 1 is 0.818 bits per heavy atom. The Morgan fingerprint density at radius 2 is 1.45 bits per heavy atom. The van der Waals surface area contributed by atoms with E-state index >= 15 is 0 Å². The quantitative estimate of drug-likeness (QED) is 0.707. The van der Waals surface area contributed by atoms with Crippen LogP contribution in [0.1, 0.15) is 10.4 Å². The normalized spacial score (nSPS) is 9.95. The van der Waals surface area contributed by atoms with Gasteiger partial charge >= 0.3 is 6.03 Å². The standard InChI is InChI=1S/C14H10Cl3N3O2/c15-8-1-4-10(5-2-8)18-14(22)20-19-13(21)11-6-3-9(16)7-12(11)17/h1-7H,(H,19,21)(H2,18,20,22). The van der Waals surface area contributed by atoms with Crippen molar-refractivity contribution in [1.29, 1.82) is 0 Å². The van der Waals surface area contributed by atoms with Gasteiger partial charge < -0.3 is 5.32 Å². The van der Waals surface area contributed by atoms with E-state index in [-0.39, 0.29) is 10.6 Å². The minimum atomic E-state index is -0.610. The van der Waals surface area contributed by atoms with Crippen LogP contribution in [0.15, 0.2) is 42.5 Å². The predicted octanol–water partition coefficient (Wildman–Crippen LogP) is 4.11. The predicted molar refractivity (Wildman–Crippen MR) is 87.5 cm³/mol. The number of hydrazine groups is 1. The summed E-state index contributed by atoms with van der Waals surface area (Å²) in [6.45, 7) is 0. The highest BCUT2D eigenvalue weighted by Crippen LogP contribution is 2.20. The van der Waals surface area contributed by atoms with Crippen molar-refractivity contribution in [2.45, 2.75) is 0 Å². The summed E-state index contributed by atoms with van der Waals surface area (Å²) in [5.74, 6) is -0.562. The molecule has 0 heterocycles. The molecular formula is C14H10Cl3N3O2. The van der Waals surface area contributed by atoms with E-state index in [2.05, 4.69) is 16.2 Å². The third-order valence-corrected chi connectivity index (χ3v) is 3.37. The van der Waals surface area contributed by atoms with Crippen LogP contribution in [-0.2, 0) is 0 Å². The molecule has 5 nitrogen and oxygen atoms in total. The number of hydrogen-bond donors (Lipinski definition) is 3. The topological polar surface area (TPSA) is 70.2 Å². The van der Waals surface area contributed by atoms with Gasteiger partial charge in [-0.3, -0.25) is 10.2 Å². The van der Waals surface area contributed by atoms with Gasteiger partial charge in [0.15, 0.2) is 0 Å². The van der Waals surface area contributed by atoms with Gasteiger partial charge in [-0.25, -0.2) is 10.2 Å². The van der Waals surface area contributed by atoms with Gasteiger partial charge in [0, 0.05) is 15.7 Å². The van der Waals surface area contributed by atoms with Crippen LogP contribution in [0.4, 0.5) is 10.5 Å². The average molecular weight is 359 g/mol. The van der Waals surface area contributed by atoms with Crippen LogP contribution in [0.3, 0.4) is 0 Å². The molecule has 3 N–H and O–H groups in total. The van der Waals surface area contributed by atoms with Crippen molar-refractivity contribution >= 4 is 52.4 Å². The van der Waals surface area contributed by atoms with Gasteiger partial charge in [-0.15, -0.1) is 0 Å². The molecule has 0 saturated heterocycles. The summed E-state index contributed by atoms with van der Waals surface area (Å²) in [5.41, 5.74) is 5.17. The average Bonchev–Trinajstić information content (AvgIpc) is 2.47. The van der Waals surface area contributed by atoms with Gasteiger partial charge in [0.05, 0.1) is 10.6 Å². The van der Waals surface area contributed by atoms with Crippen LogP contribution in [-0.4, -0.2) is 11.9 Å². The number of amides is 3. The number of rotatable bonds is 2. The molecule has 0 spiro atoms. The maximum absolute atomic E-state index is 11.9. The van der Waals surface area contributed by atoms with Crippen molar-refractivity contribution in [1.82, 2.24) is 10.9 Å². The third-order valence-electron chi connectivity index (χ3n) is 2.57. The second kappa shape index (κ2) is 7.35. The smallest absolute Gasteiger partial charge is 0.307 e.